The third kappa shape index (κ3) is 4.02. The van der Waals surface area contributed by atoms with Crippen molar-refractivity contribution in [3.8, 4) is 0 Å². The molecular weight excluding hydrogens is 364 g/mol. The van der Waals surface area contributed by atoms with Crippen LogP contribution in [0, 0.1) is 0 Å². The van der Waals surface area contributed by atoms with Gasteiger partial charge in [-0.1, -0.05) is 24.3 Å². The van der Waals surface area contributed by atoms with Gasteiger partial charge in [0.15, 0.2) is 0 Å². The molecule has 5 rings (SSSR count). The Morgan fingerprint density at radius 1 is 0.897 bits per heavy atom. The lowest BCUT2D eigenvalue weighted by Crippen LogP contribution is -2.47. The molecule has 0 unspecified atom stereocenters. The number of aromatic nitrogens is 2. The number of anilines is 3. The van der Waals surface area contributed by atoms with Gasteiger partial charge in [-0.05, 0) is 30.4 Å². The zero-order valence-electron chi connectivity index (χ0n) is 17.0. The highest BCUT2D eigenvalue weighted by Gasteiger charge is 2.28. The number of hydrogen-bond donors (Lipinski definition) is 1. The summed E-state index contributed by atoms with van der Waals surface area (Å²) in [5.74, 6) is 2.24. The van der Waals surface area contributed by atoms with Gasteiger partial charge in [0.25, 0.3) is 0 Å². The fourth-order valence-electron chi connectivity index (χ4n) is 4.80. The highest BCUT2D eigenvalue weighted by Crippen LogP contribution is 2.27. The molecule has 2 aromatic rings. The third-order valence-corrected chi connectivity index (χ3v) is 6.48. The van der Waals surface area contributed by atoms with Gasteiger partial charge in [-0.25, -0.2) is 0 Å². The van der Waals surface area contributed by atoms with Crippen molar-refractivity contribution < 1.29 is 4.74 Å². The molecule has 7 nitrogen and oxygen atoms in total. The van der Waals surface area contributed by atoms with Crippen molar-refractivity contribution in [3.63, 3.8) is 0 Å². The second kappa shape index (κ2) is 8.16. The number of nitrogens with zero attached hydrogens (tertiary/aromatic N) is 5. The number of rotatable bonds is 3. The second-order valence-electron chi connectivity index (χ2n) is 8.26. The van der Waals surface area contributed by atoms with Gasteiger partial charge in [-0.15, -0.1) is 0 Å². The summed E-state index contributed by atoms with van der Waals surface area (Å²) in [5.41, 5.74) is 9.14. The zero-order chi connectivity index (χ0) is 19.6. The molecule has 1 aromatic heterocycles. The van der Waals surface area contributed by atoms with Crippen LogP contribution >= 0.6 is 0 Å². The molecule has 0 bridgehead atoms. The van der Waals surface area contributed by atoms with Gasteiger partial charge in [0.2, 0.25) is 5.95 Å². The first-order chi connectivity index (χ1) is 14.3. The van der Waals surface area contributed by atoms with E-state index in [1.54, 1.807) is 0 Å². The van der Waals surface area contributed by atoms with Crippen LogP contribution in [0.1, 0.15) is 24.0 Å². The fourth-order valence-corrected chi connectivity index (χ4v) is 4.80. The SMILES string of the molecule is Nc1cc(N2CCC(N3CCc4ccccc4C3)CC2)nc(N2CCOCC2)n1. The Morgan fingerprint density at radius 2 is 1.66 bits per heavy atom. The Hall–Kier alpha value is -2.38. The standard InChI is InChI=1S/C22H30N6O/c23-20-15-21(25-22(24-20)27-11-13-29-14-12-27)26-9-6-19(7-10-26)28-8-5-17-3-1-2-4-18(17)16-28/h1-4,15,19H,5-14,16H2,(H2,23,24,25). The maximum Gasteiger partial charge on any atom is 0.229 e. The molecule has 3 aliphatic rings. The molecule has 0 saturated carbocycles. The predicted molar refractivity (Wildman–Crippen MR) is 115 cm³/mol. The highest BCUT2D eigenvalue weighted by atomic mass is 16.5. The fraction of sp³-hybridized carbons (Fsp3) is 0.545. The number of hydrogen-bond acceptors (Lipinski definition) is 7. The highest BCUT2D eigenvalue weighted by molar-refractivity contribution is 5.52. The minimum absolute atomic E-state index is 0.547. The van der Waals surface area contributed by atoms with Crippen LogP contribution in [-0.2, 0) is 17.7 Å². The molecule has 4 heterocycles. The van der Waals surface area contributed by atoms with E-state index in [2.05, 4.69) is 43.9 Å². The first-order valence-electron chi connectivity index (χ1n) is 10.8. The van der Waals surface area contributed by atoms with Crippen molar-refractivity contribution in [1.82, 2.24) is 14.9 Å². The topological polar surface area (TPSA) is 70.8 Å². The lowest BCUT2D eigenvalue weighted by atomic mass is 9.95. The molecule has 1 aromatic carbocycles. The van der Waals surface area contributed by atoms with Crippen LogP contribution in [0.4, 0.5) is 17.6 Å². The van der Waals surface area contributed by atoms with Gasteiger partial charge in [0, 0.05) is 51.4 Å². The smallest absolute Gasteiger partial charge is 0.229 e. The van der Waals surface area contributed by atoms with Crippen molar-refractivity contribution >= 4 is 17.6 Å². The minimum Gasteiger partial charge on any atom is -0.383 e. The van der Waals surface area contributed by atoms with Gasteiger partial charge in [0.1, 0.15) is 11.6 Å². The summed E-state index contributed by atoms with van der Waals surface area (Å²) in [6, 6.07) is 11.5. The summed E-state index contributed by atoms with van der Waals surface area (Å²) in [4.78, 5) is 16.5. The van der Waals surface area contributed by atoms with Crippen molar-refractivity contribution in [1.29, 1.82) is 0 Å². The first kappa shape index (κ1) is 18.6. The molecular formula is C22H30N6O. The van der Waals surface area contributed by atoms with Crippen LogP contribution in [0.25, 0.3) is 0 Å². The summed E-state index contributed by atoms with van der Waals surface area (Å²) in [7, 11) is 0. The van der Waals surface area contributed by atoms with E-state index in [1.807, 2.05) is 6.07 Å². The molecule has 0 aliphatic carbocycles. The van der Waals surface area contributed by atoms with Crippen LogP contribution < -0.4 is 15.5 Å². The zero-order valence-corrected chi connectivity index (χ0v) is 17.0. The maximum atomic E-state index is 6.12. The van der Waals surface area contributed by atoms with E-state index in [9.17, 15) is 0 Å². The summed E-state index contributed by atoms with van der Waals surface area (Å²) < 4.78 is 5.45. The monoisotopic (exact) mass is 394 g/mol. The number of morpholine rings is 1. The van der Waals surface area contributed by atoms with Gasteiger partial charge in [-0.3, -0.25) is 4.90 Å². The number of nitrogens with two attached hydrogens (primary N) is 1. The second-order valence-corrected chi connectivity index (χ2v) is 8.26. The quantitative estimate of drug-likeness (QED) is 0.853. The number of ether oxygens (including phenoxy) is 1. The molecule has 29 heavy (non-hydrogen) atoms. The Labute approximate surface area is 172 Å². The van der Waals surface area contributed by atoms with Gasteiger partial charge in [-0.2, -0.15) is 9.97 Å². The van der Waals surface area contributed by atoms with E-state index < -0.39 is 0 Å². The Balaban J connectivity index is 1.23. The average Bonchev–Trinajstić information content (AvgIpc) is 2.79. The lowest BCUT2D eigenvalue weighted by molar-refractivity contribution is 0.122. The molecule has 0 amide bonds. The molecule has 0 spiro atoms. The Morgan fingerprint density at radius 3 is 2.45 bits per heavy atom. The first-order valence-corrected chi connectivity index (χ1v) is 10.8. The summed E-state index contributed by atoms with van der Waals surface area (Å²) in [6.07, 6.45) is 3.50. The molecule has 7 heteroatoms. The third-order valence-electron chi connectivity index (χ3n) is 6.48. The number of nitrogen functional groups attached to an aromatic ring is 1. The summed E-state index contributed by atoms with van der Waals surface area (Å²) in [6.45, 7) is 7.37. The van der Waals surface area contributed by atoms with Crippen molar-refractivity contribution in [3.05, 3.63) is 41.5 Å². The number of benzene rings is 1. The van der Waals surface area contributed by atoms with E-state index in [0.29, 0.717) is 11.9 Å². The van der Waals surface area contributed by atoms with Crippen LogP contribution in [0.2, 0.25) is 0 Å². The van der Waals surface area contributed by atoms with Crippen LogP contribution in [0.3, 0.4) is 0 Å². The van der Waals surface area contributed by atoms with Crippen LogP contribution in [0.5, 0.6) is 0 Å². The Kier molecular flexibility index (Phi) is 5.24. The lowest BCUT2D eigenvalue weighted by Gasteiger charge is -2.41. The van der Waals surface area contributed by atoms with Crippen molar-refractivity contribution in [2.45, 2.75) is 31.8 Å². The number of fused-ring (bicyclic) bond motifs is 1. The van der Waals surface area contributed by atoms with Crippen molar-refractivity contribution in [2.75, 3.05) is 61.5 Å². The van der Waals surface area contributed by atoms with Crippen LogP contribution in [0.15, 0.2) is 30.3 Å². The minimum atomic E-state index is 0.547. The summed E-state index contributed by atoms with van der Waals surface area (Å²) in [5, 5.41) is 0. The van der Waals surface area contributed by atoms with Gasteiger partial charge < -0.3 is 20.3 Å². The normalized spacial score (nSPS) is 21.2. The van der Waals surface area contributed by atoms with Crippen molar-refractivity contribution in [2.24, 2.45) is 0 Å². The van der Waals surface area contributed by atoms with E-state index in [0.717, 1.165) is 57.7 Å². The molecule has 2 saturated heterocycles. The molecule has 2 N–H and O–H groups in total. The molecule has 154 valence electrons. The van der Waals surface area contributed by atoms with Crippen LogP contribution in [-0.4, -0.2) is 66.8 Å². The van der Waals surface area contributed by atoms with E-state index >= 15 is 0 Å². The van der Waals surface area contributed by atoms with Gasteiger partial charge in [0.05, 0.1) is 13.2 Å². The summed E-state index contributed by atoms with van der Waals surface area (Å²) >= 11 is 0. The predicted octanol–water partition coefficient (Wildman–Crippen LogP) is 1.92. The number of piperidine rings is 1. The average molecular weight is 395 g/mol. The van der Waals surface area contributed by atoms with E-state index in [1.165, 1.54) is 36.9 Å². The molecule has 0 radical (unpaired) electrons. The van der Waals surface area contributed by atoms with E-state index in [-0.39, 0.29) is 0 Å². The Bertz CT molecular complexity index is 845. The van der Waals surface area contributed by atoms with E-state index in [4.69, 9.17) is 15.5 Å². The van der Waals surface area contributed by atoms with Gasteiger partial charge >= 0.3 is 0 Å². The molecule has 3 aliphatic heterocycles. The molecule has 2 fully saturated rings. The largest absolute Gasteiger partial charge is 0.383 e. The molecule has 0 atom stereocenters. The maximum absolute atomic E-state index is 6.12.